The number of carbonyl (C=O) groups excluding carboxylic acids is 1. The van der Waals surface area contributed by atoms with Crippen LogP contribution >= 0.6 is 0 Å². The lowest BCUT2D eigenvalue weighted by atomic mass is 9.91. The van der Waals surface area contributed by atoms with Crippen molar-refractivity contribution >= 4 is 11.6 Å². The van der Waals surface area contributed by atoms with Crippen molar-refractivity contribution in [2.24, 2.45) is 5.73 Å². The number of aryl methyl sites for hydroxylation is 1. The fourth-order valence-corrected chi connectivity index (χ4v) is 4.30. The van der Waals surface area contributed by atoms with Gasteiger partial charge in [-0.2, -0.15) is 13.2 Å². The highest BCUT2D eigenvalue weighted by Gasteiger charge is 2.39. The van der Waals surface area contributed by atoms with Crippen LogP contribution in [0.2, 0.25) is 0 Å². The molecule has 31 heavy (non-hydrogen) atoms. The largest absolute Gasteiger partial charge is 0.453 e. The van der Waals surface area contributed by atoms with Crippen molar-refractivity contribution in [1.82, 2.24) is 24.5 Å². The van der Waals surface area contributed by atoms with Crippen molar-refractivity contribution < 1.29 is 22.4 Å². The molecule has 7 nitrogen and oxygen atoms in total. The maximum atomic E-state index is 13.1. The first-order valence-corrected chi connectivity index (χ1v) is 9.82. The summed E-state index contributed by atoms with van der Waals surface area (Å²) < 4.78 is 53.2. The van der Waals surface area contributed by atoms with E-state index in [1.165, 1.54) is 17.3 Å². The highest BCUT2D eigenvalue weighted by molar-refractivity contribution is 5.84. The molecule has 11 heteroatoms. The summed E-state index contributed by atoms with van der Waals surface area (Å²) in [6.45, 7) is 0.166. The Morgan fingerprint density at radius 3 is 2.71 bits per heavy atom. The molecule has 2 aromatic heterocycles. The molecule has 162 valence electrons. The van der Waals surface area contributed by atoms with Gasteiger partial charge in [0.05, 0.1) is 37.2 Å². The van der Waals surface area contributed by atoms with Gasteiger partial charge in [-0.1, -0.05) is 12.1 Å². The summed E-state index contributed by atoms with van der Waals surface area (Å²) >= 11 is 0. The summed E-state index contributed by atoms with van der Waals surface area (Å²) in [5.41, 5.74) is 9.11. The van der Waals surface area contributed by atoms with Gasteiger partial charge < -0.3 is 10.6 Å². The molecule has 2 aliphatic rings. The molecule has 1 aliphatic heterocycles. The molecular formula is C20H18F4N6O. The van der Waals surface area contributed by atoms with Gasteiger partial charge in [-0.3, -0.25) is 9.78 Å². The van der Waals surface area contributed by atoms with E-state index in [0.29, 0.717) is 24.1 Å². The Morgan fingerprint density at radius 1 is 1.23 bits per heavy atom. The number of aromatic nitrogens is 4. The minimum atomic E-state index is -4.66. The highest BCUT2D eigenvalue weighted by atomic mass is 19.4. The Morgan fingerprint density at radius 2 is 2.00 bits per heavy atom. The van der Waals surface area contributed by atoms with Gasteiger partial charge in [-0.05, 0) is 30.0 Å². The topological polar surface area (TPSA) is 89.4 Å². The van der Waals surface area contributed by atoms with E-state index in [1.54, 1.807) is 6.07 Å². The molecule has 3 aromatic rings. The van der Waals surface area contributed by atoms with Gasteiger partial charge in [-0.15, -0.1) is 5.10 Å². The first-order chi connectivity index (χ1) is 14.7. The van der Waals surface area contributed by atoms with E-state index in [4.69, 9.17) is 5.73 Å². The summed E-state index contributed by atoms with van der Waals surface area (Å²) in [6, 6.07) is 4.69. The number of halogens is 4. The summed E-state index contributed by atoms with van der Waals surface area (Å²) in [5, 5.41) is 3.60. The van der Waals surface area contributed by atoms with Gasteiger partial charge in [0, 0.05) is 11.5 Å². The van der Waals surface area contributed by atoms with Gasteiger partial charge in [0.15, 0.2) is 5.65 Å². The van der Waals surface area contributed by atoms with Gasteiger partial charge in [-0.25, -0.2) is 13.9 Å². The predicted molar refractivity (Wildman–Crippen MR) is 102 cm³/mol. The lowest BCUT2D eigenvalue weighted by Gasteiger charge is -2.37. The van der Waals surface area contributed by atoms with E-state index in [1.807, 2.05) is 12.1 Å². The monoisotopic (exact) mass is 434 g/mol. The smallest absolute Gasteiger partial charge is 0.335 e. The van der Waals surface area contributed by atoms with Gasteiger partial charge in [0.1, 0.15) is 6.17 Å². The molecule has 0 saturated carbocycles. The van der Waals surface area contributed by atoms with Crippen molar-refractivity contribution in [3.63, 3.8) is 0 Å². The zero-order valence-electron chi connectivity index (χ0n) is 16.2. The van der Waals surface area contributed by atoms with Gasteiger partial charge in [0.2, 0.25) is 5.91 Å². The van der Waals surface area contributed by atoms with E-state index in [9.17, 15) is 22.4 Å². The molecule has 5 rings (SSSR count). The standard InChI is InChI=1S/C20H18F4N6O/c21-12-8-29(9-12)18(31)17(25)14-4-1-10-5-11(2-3-13(10)14)15-6-26-7-16-27-19(20(22,23)24)28-30(15)16/h2-3,5-7,12,14,17H,1,4,8-9,25H2/t14-,17-/m0/s1. The number of rotatable bonds is 3. The molecule has 1 amide bonds. The zero-order valence-corrected chi connectivity index (χ0v) is 16.2. The van der Waals surface area contributed by atoms with Crippen molar-refractivity contribution in [3.05, 3.63) is 47.5 Å². The third kappa shape index (κ3) is 3.32. The first-order valence-electron chi connectivity index (χ1n) is 9.82. The van der Waals surface area contributed by atoms with Crippen LogP contribution in [-0.2, 0) is 17.4 Å². The summed E-state index contributed by atoms with van der Waals surface area (Å²) in [4.78, 5) is 21.4. The van der Waals surface area contributed by atoms with Crippen molar-refractivity contribution in [3.8, 4) is 11.3 Å². The number of nitrogens with two attached hydrogens (primary N) is 1. The molecule has 1 aromatic carbocycles. The maximum absolute atomic E-state index is 13.1. The Hall–Kier alpha value is -3.08. The van der Waals surface area contributed by atoms with E-state index >= 15 is 0 Å². The molecule has 2 atom stereocenters. The van der Waals surface area contributed by atoms with Crippen LogP contribution in [0.4, 0.5) is 17.6 Å². The number of likely N-dealkylation sites (tertiary alicyclic amines) is 1. The van der Waals surface area contributed by atoms with Crippen LogP contribution in [0, 0.1) is 0 Å². The second kappa shape index (κ2) is 6.98. The summed E-state index contributed by atoms with van der Waals surface area (Å²) in [6.07, 6.45) is -1.64. The van der Waals surface area contributed by atoms with Crippen LogP contribution in [-0.4, -0.2) is 55.7 Å². The van der Waals surface area contributed by atoms with E-state index < -0.39 is 24.2 Å². The molecule has 3 heterocycles. The second-order valence-corrected chi connectivity index (χ2v) is 7.92. The van der Waals surface area contributed by atoms with Crippen molar-refractivity contribution in [1.29, 1.82) is 0 Å². The first kappa shape index (κ1) is 19.9. The predicted octanol–water partition coefficient (Wildman–Crippen LogP) is 2.35. The average molecular weight is 434 g/mol. The van der Waals surface area contributed by atoms with Crippen LogP contribution in [0.3, 0.4) is 0 Å². The van der Waals surface area contributed by atoms with Crippen molar-refractivity contribution in [2.75, 3.05) is 13.1 Å². The molecule has 1 aliphatic carbocycles. The Labute approximate surface area is 173 Å². The molecule has 2 N–H and O–H groups in total. The number of nitrogens with zero attached hydrogens (tertiary/aromatic N) is 5. The third-order valence-corrected chi connectivity index (χ3v) is 5.93. The van der Waals surface area contributed by atoms with Crippen LogP contribution < -0.4 is 5.73 Å². The van der Waals surface area contributed by atoms with Gasteiger partial charge >= 0.3 is 6.18 Å². The second-order valence-electron chi connectivity index (χ2n) is 7.92. The summed E-state index contributed by atoms with van der Waals surface area (Å²) in [5.74, 6) is -1.67. The third-order valence-electron chi connectivity index (χ3n) is 5.93. The van der Waals surface area contributed by atoms with E-state index in [0.717, 1.165) is 15.6 Å². The lowest BCUT2D eigenvalue weighted by Crippen LogP contribution is -2.57. The molecule has 0 unspecified atom stereocenters. The minimum absolute atomic E-state index is 0.00321. The average Bonchev–Trinajstić information content (AvgIpc) is 3.33. The number of benzene rings is 1. The molecular weight excluding hydrogens is 416 g/mol. The van der Waals surface area contributed by atoms with Gasteiger partial charge in [0.25, 0.3) is 5.82 Å². The van der Waals surface area contributed by atoms with Crippen LogP contribution in [0.15, 0.2) is 30.6 Å². The Kier molecular flexibility index (Phi) is 4.47. The zero-order chi connectivity index (χ0) is 21.9. The molecule has 0 bridgehead atoms. The normalized spacial score (nSPS) is 20.0. The molecule has 0 radical (unpaired) electrons. The fourth-order valence-electron chi connectivity index (χ4n) is 4.30. The molecule has 1 fully saturated rings. The number of alkyl halides is 4. The van der Waals surface area contributed by atoms with Crippen LogP contribution in [0.25, 0.3) is 16.9 Å². The Balaban J connectivity index is 1.45. The molecule has 1 saturated heterocycles. The molecule has 0 spiro atoms. The minimum Gasteiger partial charge on any atom is -0.335 e. The fraction of sp³-hybridized carbons (Fsp3) is 0.400. The lowest BCUT2D eigenvalue weighted by molar-refractivity contribution is -0.144. The van der Waals surface area contributed by atoms with Crippen molar-refractivity contribution in [2.45, 2.75) is 37.1 Å². The SMILES string of the molecule is N[C@H](C(=O)N1CC(F)C1)[C@H]1CCc2cc(-c3cncc4nc(C(F)(F)F)nn34)ccc21. The van der Waals surface area contributed by atoms with E-state index in [2.05, 4.69) is 15.1 Å². The number of hydrogen-bond acceptors (Lipinski definition) is 5. The number of hydrogen-bond donors (Lipinski definition) is 1. The highest BCUT2D eigenvalue weighted by Crippen LogP contribution is 2.38. The number of fused-ring (bicyclic) bond motifs is 2. The maximum Gasteiger partial charge on any atom is 0.453 e. The van der Waals surface area contributed by atoms with Crippen LogP contribution in [0.5, 0.6) is 0 Å². The van der Waals surface area contributed by atoms with E-state index in [-0.39, 0.29) is 30.6 Å². The number of carbonyl (C=O) groups is 1. The quantitative estimate of drug-likeness (QED) is 0.640. The summed E-state index contributed by atoms with van der Waals surface area (Å²) in [7, 11) is 0. The number of amides is 1. The van der Waals surface area contributed by atoms with Crippen LogP contribution in [0.1, 0.15) is 29.3 Å². The Bertz CT molecular complexity index is 1170.